The van der Waals surface area contributed by atoms with Crippen LogP contribution < -0.4 is 10.9 Å². The summed E-state index contributed by atoms with van der Waals surface area (Å²) >= 11 is 0. The monoisotopic (exact) mass is 290 g/mol. The van der Waals surface area contributed by atoms with Crippen molar-refractivity contribution in [1.29, 1.82) is 0 Å². The first-order valence-corrected chi connectivity index (χ1v) is 6.54. The van der Waals surface area contributed by atoms with Gasteiger partial charge in [-0.3, -0.25) is 4.79 Å². The topological polar surface area (TPSA) is 83.7 Å². The van der Waals surface area contributed by atoms with Gasteiger partial charge in [-0.2, -0.15) is 0 Å². The normalized spacial score (nSPS) is 10.5. The number of benzene rings is 1. The van der Waals surface area contributed by atoms with Gasteiger partial charge in [0.1, 0.15) is 11.5 Å². The number of phenols is 2. The van der Waals surface area contributed by atoms with E-state index in [4.69, 9.17) is 4.74 Å². The number of nitrogens with zero attached hydrogens (tertiary/aromatic N) is 1. The second kappa shape index (κ2) is 6.81. The molecule has 0 spiro atoms. The Hall–Kier alpha value is -2.47. The first-order chi connectivity index (χ1) is 10.1. The summed E-state index contributed by atoms with van der Waals surface area (Å²) in [6.07, 6.45) is 1.71. The molecule has 0 aliphatic carbocycles. The van der Waals surface area contributed by atoms with Gasteiger partial charge in [0, 0.05) is 44.1 Å². The Bertz CT molecular complexity index is 667. The van der Waals surface area contributed by atoms with Gasteiger partial charge in [0.2, 0.25) is 0 Å². The van der Waals surface area contributed by atoms with Crippen LogP contribution >= 0.6 is 0 Å². The average molecular weight is 290 g/mol. The predicted octanol–water partition coefficient (Wildman–Crippen LogP) is 1.52. The molecule has 0 bridgehead atoms. The lowest BCUT2D eigenvalue weighted by Gasteiger charge is -2.11. The molecule has 0 unspecified atom stereocenters. The lowest BCUT2D eigenvalue weighted by molar-refractivity contribution is 0.186. The molecule has 3 N–H and O–H groups in total. The fourth-order valence-electron chi connectivity index (χ4n) is 1.90. The van der Waals surface area contributed by atoms with Crippen LogP contribution in [0.4, 0.5) is 5.69 Å². The van der Waals surface area contributed by atoms with Crippen LogP contribution in [0.5, 0.6) is 11.5 Å². The largest absolute Gasteiger partial charge is 0.508 e. The first-order valence-electron chi connectivity index (χ1n) is 6.54. The van der Waals surface area contributed by atoms with E-state index in [2.05, 4.69) is 5.32 Å². The molecule has 112 valence electrons. The number of aromatic hydroxyl groups is 2. The Morgan fingerprint density at radius 1 is 1.24 bits per heavy atom. The molecule has 1 aromatic heterocycles. The maximum absolute atomic E-state index is 11.7. The third kappa shape index (κ3) is 4.00. The number of anilines is 1. The summed E-state index contributed by atoms with van der Waals surface area (Å²) in [5.41, 5.74) is 1.32. The molecule has 6 nitrogen and oxygen atoms in total. The molecule has 0 radical (unpaired) electrons. The van der Waals surface area contributed by atoms with E-state index in [1.807, 2.05) is 0 Å². The molecule has 2 aromatic rings. The number of nitrogens with one attached hydrogen (secondary N) is 1. The Labute approximate surface area is 122 Å². The highest BCUT2D eigenvalue weighted by Crippen LogP contribution is 2.23. The summed E-state index contributed by atoms with van der Waals surface area (Å²) in [7, 11) is 1.58. The van der Waals surface area contributed by atoms with E-state index in [1.165, 1.54) is 18.2 Å². The van der Waals surface area contributed by atoms with Crippen molar-refractivity contribution >= 4 is 5.69 Å². The SMILES string of the molecule is COCCn1cc(NCc2ccc(O)cc2O)ccc1=O. The molecule has 21 heavy (non-hydrogen) atoms. The Kier molecular flexibility index (Phi) is 4.84. The minimum absolute atomic E-state index is 0.0179. The standard InChI is InChI=1S/C15H18N2O4/c1-21-7-6-17-10-12(3-5-15(17)20)16-9-11-2-4-13(18)8-14(11)19/h2-5,8,10,16,18-19H,6-7,9H2,1H3. The van der Waals surface area contributed by atoms with Gasteiger partial charge in [-0.1, -0.05) is 0 Å². The van der Waals surface area contributed by atoms with Gasteiger partial charge in [-0.15, -0.1) is 0 Å². The minimum atomic E-state index is -0.0925. The smallest absolute Gasteiger partial charge is 0.250 e. The lowest BCUT2D eigenvalue weighted by Crippen LogP contribution is -2.21. The van der Waals surface area contributed by atoms with E-state index in [1.54, 1.807) is 30.0 Å². The van der Waals surface area contributed by atoms with Gasteiger partial charge in [0.15, 0.2) is 0 Å². The zero-order valence-corrected chi connectivity index (χ0v) is 11.7. The summed E-state index contributed by atoms with van der Waals surface area (Å²) in [5.74, 6) is 0.0413. The molecule has 0 aliphatic rings. The van der Waals surface area contributed by atoms with Crippen molar-refractivity contribution in [3.8, 4) is 11.5 Å². The van der Waals surface area contributed by atoms with Crippen molar-refractivity contribution in [2.75, 3.05) is 19.0 Å². The van der Waals surface area contributed by atoms with E-state index in [-0.39, 0.29) is 17.1 Å². The van der Waals surface area contributed by atoms with Gasteiger partial charge in [0.25, 0.3) is 5.56 Å². The summed E-state index contributed by atoms with van der Waals surface area (Å²) in [6.45, 7) is 1.33. The van der Waals surface area contributed by atoms with E-state index in [0.717, 1.165) is 5.69 Å². The van der Waals surface area contributed by atoms with Gasteiger partial charge in [0.05, 0.1) is 12.3 Å². The van der Waals surface area contributed by atoms with Gasteiger partial charge in [-0.25, -0.2) is 0 Å². The lowest BCUT2D eigenvalue weighted by atomic mass is 10.2. The fraction of sp³-hybridized carbons (Fsp3) is 0.267. The van der Waals surface area contributed by atoms with E-state index in [9.17, 15) is 15.0 Å². The van der Waals surface area contributed by atoms with Crippen LogP contribution in [0, 0.1) is 0 Å². The Balaban J connectivity index is 2.07. The molecule has 0 aliphatic heterocycles. The molecular weight excluding hydrogens is 272 g/mol. The van der Waals surface area contributed by atoms with Crippen molar-refractivity contribution in [3.63, 3.8) is 0 Å². The molecule has 2 rings (SSSR count). The van der Waals surface area contributed by atoms with Gasteiger partial charge < -0.3 is 24.8 Å². The Morgan fingerprint density at radius 2 is 2.05 bits per heavy atom. The summed E-state index contributed by atoms with van der Waals surface area (Å²) in [6, 6.07) is 7.60. The second-order valence-corrected chi connectivity index (χ2v) is 4.61. The molecule has 0 atom stereocenters. The number of rotatable bonds is 6. The number of methoxy groups -OCH3 is 1. The predicted molar refractivity (Wildman–Crippen MR) is 79.7 cm³/mol. The van der Waals surface area contributed by atoms with Crippen LogP contribution in [-0.4, -0.2) is 28.5 Å². The van der Waals surface area contributed by atoms with Gasteiger partial charge in [-0.05, 0) is 18.2 Å². The third-order valence-corrected chi connectivity index (χ3v) is 3.07. The first kappa shape index (κ1) is 14.9. The maximum Gasteiger partial charge on any atom is 0.250 e. The molecule has 0 amide bonds. The average Bonchev–Trinajstić information content (AvgIpc) is 2.46. The van der Waals surface area contributed by atoms with Crippen molar-refractivity contribution in [2.24, 2.45) is 0 Å². The summed E-state index contributed by atoms with van der Waals surface area (Å²) in [5, 5.41) is 22.1. The van der Waals surface area contributed by atoms with Crippen LogP contribution in [0.15, 0.2) is 41.3 Å². The molecular formula is C15H18N2O4. The molecule has 6 heteroatoms. The van der Waals surface area contributed by atoms with Crippen molar-refractivity contribution < 1.29 is 14.9 Å². The highest BCUT2D eigenvalue weighted by atomic mass is 16.5. The van der Waals surface area contributed by atoms with Gasteiger partial charge >= 0.3 is 0 Å². The van der Waals surface area contributed by atoms with Crippen molar-refractivity contribution in [1.82, 2.24) is 4.57 Å². The fourth-order valence-corrected chi connectivity index (χ4v) is 1.90. The van der Waals surface area contributed by atoms with E-state index >= 15 is 0 Å². The van der Waals surface area contributed by atoms with Crippen LogP contribution in [0.25, 0.3) is 0 Å². The van der Waals surface area contributed by atoms with Crippen LogP contribution in [0.1, 0.15) is 5.56 Å². The molecule has 0 saturated heterocycles. The highest BCUT2D eigenvalue weighted by molar-refractivity contribution is 5.45. The summed E-state index contributed by atoms with van der Waals surface area (Å²) < 4.78 is 6.52. The number of ether oxygens (including phenoxy) is 1. The Morgan fingerprint density at radius 3 is 2.76 bits per heavy atom. The minimum Gasteiger partial charge on any atom is -0.508 e. The number of phenolic OH excluding ortho intramolecular Hbond substituents is 2. The van der Waals surface area contributed by atoms with Crippen molar-refractivity contribution in [2.45, 2.75) is 13.1 Å². The number of pyridine rings is 1. The molecule has 1 heterocycles. The second-order valence-electron chi connectivity index (χ2n) is 4.61. The van der Waals surface area contributed by atoms with Crippen molar-refractivity contribution in [3.05, 3.63) is 52.4 Å². The molecule has 1 aromatic carbocycles. The molecule has 0 saturated carbocycles. The number of aromatic nitrogens is 1. The van der Waals surface area contributed by atoms with Crippen LogP contribution in [0.3, 0.4) is 0 Å². The van der Waals surface area contributed by atoms with Crippen LogP contribution in [0.2, 0.25) is 0 Å². The van der Waals surface area contributed by atoms with E-state index in [0.29, 0.717) is 25.3 Å². The molecule has 0 fully saturated rings. The number of hydrogen-bond donors (Lipinski definition) is 3. The highest BCUT2D eigenvalue weighted by Gasteiger charge is 2.03. The zero-order valence-electron chi connectivity index (χ0n) is 11.7. The quantitative estimate of drug-likeness (QED) is 0.751. The zero-order chi connectivity index (χ0) is 15.2. The third-order valence-electron chi connectivity index (χ3n) is 3.07. The van der Waals surface area contributed by atoms with Crippen LogP contribution in [-0.2, 0) is 17.8 Å². The number of hydrogen-bond acceptors (Lipinski definition) is 5. The summed E-state index contributed by atoms with van der Waals surface area (Å²) in [4.78, 5) is 11.7. The van der Waals surface area contributed by atoms with E-state index < -0.39 is 0 Å². The maximum atomic E-state index is 11.7.